The average molecular weight is 372 g/mol. The Morgan fingerprint density at radius 2 is 1.92 bits per heavy atom. The van der Waals surface area contributed by atoms with Crippen molar-refractivity contribution in [3.05, 3.63) is 71.7 Å². The fourth-order valence-electron chi connectivity index (χ4n) is 2.18. The number of anilines is 1. The summed E-state index contributed by atoms with van der Waals surface area (Å²) in [5, 5.41) is 6.22. The van der Waals surface area contributed by atoms with E-state index in [1.807, 2.05) is 0 Å². The van der Waals surface area contributed by atoms with E-state index in [-0.39, 0.29) is 22.8 Å². The van der Waals surface area contributed by atoms with Crippen LogP contribution in [-0.2, 0) is 16.6 Å². The molecule has 0 atom stereocenters. The van der Waals surface area contributed by atoms with Gasteiger partial charge in [0, 0.05) is 30.6 Å². The van der Waals surface area contributed by atoms with Crippen LogP contribution in [0.5, 0.6) is 0 Å². The molecule has 1 aromatic carbocycles. The molecule has 0 spiro atoms. The second-order valence-corrected chi connectivity index (χ2v) is 7.25. The topological polar surface area (TPSA) is 114 Å². The Balaban J connectivity index is 1.74. The second-order valence-electron chi connectivity index (χ2n) is 5.48. The number of rotatable bonds is 6. The first-order valence-electron chi connectivity index (χ1n) is 7.67. The molecule has 2 heterocycles. The lowest BCUT2D eigenvalue weighted by Crippen LogP contribution is -2.23. The van der Waals surface area contributed by atoms with Gasteiger partial charge in [0.05, 0.1) is 4.90 Å². The molecule has 0 aliphatic carbocycles. The van der Waals surface area contributed by atoms with Gasteiger partial charge in [0.2, 0.25) is 10.0 Å². The summed E-state index contributed by atoms with van der Waals surface area (Å²) in [5.41, 5.74) is 0.969. The van der Waals surface area contributed by atoms with Gasteiger partial charge in [0.1, 0.15) is 5.76 Å². The van der Waals surface area contributed by atoms with Gasteiger partial charge in [-0.25, -0.2) is 13.1 Å². The minimum absolute atomic E-state index is 0.00413. The first kappa shape index (κ1) is 17.8. The summed E-state index contributed by atoms with van der Waals surface area (Å²) in [5.74, 6) is 0.331. The van der Waals surface area contributed by atoms with Crippen LogP contribution < -0.4 is 10.0 Å². The van der Waals surface area contributed by atoms with E-state index in [4.69, 9.17) is 4.52 Å². The number of aryl methyl sites for hydroxylation is 1. The van der Waals surface area contributed by atoms with E-state index < -0.39 is 15.9 Å². The SMILES string of the molecule is Cc1cc(NC(=O)c2cccc(S(=O)(=O)NCc3ccncc3)c2)no1. The number of benzene rings is 1. The van der Waals surface area contributed by atoms with Crippen LogP contribution in [0.3, 0.4) is 0 Å². The third-order valence-electron chi connectivity index (χ3n) is 3.49. The summed E-state index contributed by atoms with van der Waals surface area (Å²) in [6.45, 7) is 1.82. The molecule has 0 aliphatic rings. The highest BCUT2D eigenvalue weighted by molar-refractivity contribution is 7.89. The summed E-state index contributed by atoms with van der Waals surface area (Å²) in [6.07, 6.45) is 3.17. The first-order chi connectivity index (χ1) is 12.4. The Hall–Kier alpha value is -3.04. The van der Waals surface area contributed by atoms with Crippen LogP contribution in [0.2, 0.25) is 0 Å². The molecule has 26 heavy (non-hydrogen) atoms. The number of amides is 1. The fraction of sp³-hybridized carbons (Fsp3) is 0.118. The maximum absolute atomic E-state index is 12.5. The van der Waals surface area contributed by atoms with Gasteiger partial charge < -0.3 is 9.84 Å². The number of pyridine rings is 1. The molecular weight excluding hydrogens is 356 g/mol. The molecule has 0 aliphatic heterocycles. The number of aromatic nitrogens is 2. The minimum Gasteiger partial charge on any atom is -0.360 e. The normalized spacial score (nSPS) is 11.3. The fourth-order valence-corrected chi connectivity index (χ4v) is 3.24. The molecule has 2 N–H and O–H groups in total. The van der Waals surface area contributed by atoms with Crippen LogP contribution in [0.15, 0.2) is 64.3 Å². The molecule has 1 amide bonds. The van der Waals surface area contributed by atoms with Gasteiger partial charge in [-0.3, -0.25) is 9.78 Å². The molecule has 0 saturated heterocycles. The molecule has 3 aromatic rings. The van der Waals surface area contributed by atoms with E-state index in [2.05, 4.69) is 20.2 Å². The largest absolute Gasteiger partial charge is 0.360 e. The number of carbonyl (C=O) groups is 1. The molecule has 0 unspecified atom stereocenters. The minimum atomic E-state index is -3.77. The molecule has 3 rings (SSSR count). The van der Waals surface area contributed by atoms with Crippen LogP contribution in [0.4, 0.5) is 5.82 Å². The summed E-state index contributed by atoms with van der Waals surface area (Å²) < 4.78 is 32.3. The van der Waals surface area contributed by atoms with Crippen molar-refractivity contribution in [3.8, 4) is 0 Å². The predicted octanol–water partition coefficient (Wildman–Crippen LogP) is 2.11. The summed E-state index contributed by atoms with van der Waals surface area (Å²) in [7, 11) is -3.77. The third kappa shape index (κ3) is 4.32. The zero-order valence-corrected chi connectivity index (χ0v) is 14.7. The molecule has 134 valence electrons. The molecule has 0 saturated carbocycles. The Bertz CT molecular complexity index is 1020. The lowest BCUT2D eigenvalue weighted by Gasteiger charge is -2.08. The molecule has 0 fully saturated rings. The Kier molecular flexibility index (Phi) is 5.10. The lowest BCUT2D eigenvalue weighted by molar-refractivity contribution is 0.102. The number of hydrogen-bond donors (Lipinski definition) is 2. The average Bonchev–Trinajstić information content (AvgIpc) is 3.06. The maximum atomic E-state index is 12.5. The summed E-state index contributed by atoms with van der Waals surface area (Å²) >= 11 is 0. The summed E-state index contributed by atoms with van der Waals surface area (Å²) in [4.78, 5) is 16.1. The highest BCUT2D eigenvalue weighted by Crippen LogP contribution is 2.14. The number of sulfonamides is 1. The van der Waals surface area contributed by atoms with Crippen LogP contribution in [0, 0.1) is 6.92 Å². The van der Waals surface area contributed by atoms with E-state index in [0.29, 0.717) is 5.76 Å². The number of carbonyl (C=O) groups excluding carboxylic acids is 1. The van der Waals surface area contributed by atoms with Crippen LogP contribution in [0.25, 0.3) is 0 Å². The number of nitrogens with one attached hydrogen (secondary N) is 2. The molecule has 8 nitrogen and oxygen atoms in total. The van der Waals surface area contributed by atoms with Crippen LogP contribution >= 0.6 is 0 Å². The quantitative estimate of drug-likeness (QED) is 0.685. The van der Waals surface area contributed by atoms with E-state index in [1.165, 1.54) is 24.3 Å². The number of hydrogen-bond acceptors (Lipinski definition) is 6. The van der Waals surface area contributed by atoms with Gasteiger partial charge in [0.25, 0.3) is 5.91 Å². The van der Waals surface area contributed by atoms with Crippen molar-refractivity contribution < 1.29 is 17.7 Å². The van der Waals surface area contributed by atoms with Gasteiger partial charge in [0.15, 0.2) is 5.82 Å². The molecule has 0 radical (unpaired) electrons. The monoisotopic (exact) mass is 372 g/mol. The van der Waals surface area contributed by atoms with Gasteiger partial charge in [-0.1, -0.05) is 11.2 Å². The Morgan fingerprint density at radius 1 is 1.15 bits per heavy atom. The van der Waals surface area contributed by atoms with E-state index in [9.17, 15) is 13.2 Å². The van der Waals surface area contributed by atoms with Crippen molar-refractivity contribution in [2.75, 3.05) is 5.32 Å². The highest BCUT2D eigenvalue weighted by Gasteiger charge is 2.17. The Morgan fingerprint density at radius 3 is 2.62 bits per heavy atom. The van der Waals surface area contributed by atoms with Gasteiger partial charge in [-0.2, -0.15) is 0 Å². The van der Waals surface area contributed by atoms with Crippen LogP contribution in [0.1, 0.15) is 21.7 Å². The van der Waals surface area contributed by atoms with Crippen molar-refractivity contribution in [1.29, 1.82) is 0 Å². The Labute approximate surface area is 150 Å². The third-order valence-corrected chi connectivity index (χ3v) is 4.89. The molecule has 0 bridgehead atoms. The standard InChI is InChI=1S/C17H16N4O4S/c1-12-9-16(21-25-12)20-17(22)14-3-2-4-15(10-14)26(23,24)19-11-13-5-7-18-8-6-13/h2-10,19H,11H2,1H3,(H,20,21,22). The van der Waals surface area contributed by atoms with Crippen molar-refractivity contribution in [3.63, 3.8) is 0 Å². The van der Waals surface area contributed by atoms with Gasteiger partial charge >= 0.3 is 0 Å². The predicted molar refractivity (Wildman–Crippen MR) is 93.9 cm³/mol. The zero-order valence-electron chi connectivity index (χ0n) is 13.8. The second kappa shape index (κ2) is 7.46. The van der Waals surface area contributed by atoms with Crippen LogP contribution in [-0.4, -0.2) is 24.5 Å². The maximum Gasteiger partial charge on any atom is 0.256 e. The van der Waals surface area contributed by atoms with Crippen molar-refractivity contribution in [2.24, 2.45) is 0 Å². The zero-order chi connectivity index (χ0) is 18.6. The van der Waals surface area contributed by atoms with Gasteiger partial charge in [-0.05, 0) is 42.8 Å². The first-order valence-corrected chi connectivity index (χ1v) is 9.16. The van der Waals surface area contributed by atoms with Crippen molar-refractivity contribution >= 4 is 21.7 Å². The van der Waals surface area contributed by atoms with Gasteiger partial charge in [-0.15, -0.1) is 0 Å². The van der Waals surface area contributed by atoms with Crippen molar-refractivity contribution in [1.82, 2.24) is 14.9 Å². The lowest BCUT2D eigenvalue weighted by atomic mass is 10.2. The smallest absolute Gasteiger partial charge is 0.256 e. The van der Waals surface area contributed by atoms with Crippen molar-refractivity contribution in [2.45, 2.75) is 18.4 Å². The van der Waals surface area contributed by atoms with E-state index in [0.717, 1.165) is 5.56 Å². The number of nitrogens with zero attached hydrogens (tertiary/aromatic N) is 2. The molecule has 2 aromatic heterocycles. The molecule has 9 heteroatoms. The highest BCUT2D eigenvalue weighted by atomic mass is 32.2. The molecular formula is C17H16N4O4S. The summed E-state index contributed by atoms with van der Waals surface area (Å²) in [6, 6.07) is 10.7. The van der Waals surface area contributed by atoms with E-state index >= 15 is 0 Å². The van der Waals surface area contributed by atoms with E-state index in [1.54, 1.807) is 37.5 Å².